The fraction of sp³-hybridized carbons (Fsp3) is 0.579. The molecular formula is C19H30NO3P. The van der Waals surface area contributed by atoms with Crippen LogP contribution in [0.15, 0.2) is 36.9 Å². The van der Waals surface area contributed by atoms with Crippen molar-refractivity contribution in [3.05, 3.63) is 42.5 Å². The van der Waals surface area contributed by atoms with Crippen molar-refractivity contribution in [3.8, 4) is 5.75 Å². The summed E-state index contributed by atoms with van der Waals surface area (Å²) in [6.45, 7) is 12.8. The van der Waals surface area contributed by atoms with Gasteiger partial charge in [-0.3, -0.25) is 0 Å². The minimum absolute atomic E-state index is 0.0824. The quantitative estimate of drug-likeness (QED) is 0.479. The molecule has 1 aliphatic heterocycles. The molecule has 24 heavy (non-hydrogen) atoms. The Kier molecular flexibility index (Phi) is 7.24. The van der Waals surface area contributed by atoms with Gasteiger partial charge in [0.2, 0.25) is 0 Å². The standard InChI is InChI=1S/C19H30NO3P/c1-6-8-17(7-2)20(24-22-14-19(3,4)15-23-24)13-16-9-11-18(21-5)12-10-16/h7,9-12,17H,2,6,8,13-15H2,1,3-5H3. The summed E-state index contributed by atoms with van der Waals surface area (Å²) in [4.78, 5) is 0. The highest BCUT2D eigenvalue weighted by Gasteiger charge is 2.35. The van der Waals surface area contributed by atoms with Crippen molar-refractivity contribution in [1.29, 1.82) is 0 Å². The Morgan fingerprint density at radius 2 is 1.92 bits per heavy atom. The third kappa shape index (κ3) is 5.29. The Morgan fingerprint density at radius 1 is 1.29 bits per heavy atom. The van der Waals surface area contributed by atoms with E-state index < -0.39 is 8.53 Å². The summed E-state index contributed by atoms with van der Waals surface area (Å²) in [5.74, 6) is 0.872. The van der Waals surface area contributed by atoms with E-state index in [1.807, 2.05) is 18.2 Å². The Morgan fingerprint density at radius 3 is 2.42 bits per heavy atom. The maximum Gasteiger partial charge on any atom is 0.259 e. The second-order valence-corrected chi connectivity index (χ2v) is 8.49. The second-order valence-electron chi connectivity index (χ2n) is 6.99. The van der Waals surface area contributed by atoms with Crippen LogP contribution >= 0.6 is 8.53 Å². The number of nitrogens with zero attached hydrogens (tertiary/aromatic N) is 1. The van der Waals surface area contributed by atoms with Gasteiger partial charge in [-0.1, -0.05) is 45.4 Å². The van der Waals surface area contributed by atoms with Crippen molar-refractivity contribution in [2.45, 2.75) is 46.2 Å². The van der Waals surface area contributed by atoms with Crippen LogP contribution in [0, 0.1) is 5.41 Å². The van der Waals surface area contributed by atoms with Gasteiger partial charge < -0.3 is 13.8 Å². The summed E-state index contributed by atoms with van der Waals surface area (Å²) < 4.78 is 19.8. The molecule has 0 aromatic heterocycles. The van der Waals surface area contributed by atoms with Crippen molar-refractivity contribution in [2.75, 3.05) is 20.3 Å². The molecule has 1 aromatic rings. The van der Waals surface area contributed by atoms with Crippen LogP contribution < -0.4 is 4.74 Å². The lowest BCUT2D eigenvalue weighted by Crippen LogP contribution is -2.36. The lowest BCUT2D eigenvalue weighted by molar-refractivity contribution is 0.0405. The van der Waals surface area contributed by atoms with Gasteiger partial charge in [-0.2, -0.15) is 0 Å². The number of rotatable bonds is 8. The monoisotopic (exact) mass is 351 g/mol. The average Bonchev–Trinajstić information content (AvgIpc) is 2.59. The first kappa shape index (κ1) is 19.4. The van der Waals surface area contributed by atoms with Gasteiger partial charge in [0.1, 0.15) is 5.75 Å². The van der Waals surface area contributed by atoms with E-state index in [0.717, 1.165) is 38.3 Å². The van der Waals surface area contributed by atoms with Gasteiger partial charge in [0, 0.05) is 18.0 Å². The molecule has 1 aromatic carbocycles. The van der Waals surface area contributed by atoms with Gasteiger partial charge in [0.05, 0.1) is 20.3 Å². The normalized spacial score (nSPS) is 19.2. The SMILES string of the molecule is C=CC(CCC)N(Cc1ccc(OC)cc1)P1OCC(C)(C)CO1. The van der Waals surface area contributed by atoms with E-state index in [0.29, 0.717) is 0 Å². The number of ether oxygens (including phenoxy) is 1. The van der Waals surface area contributed by atoms with Crippen LogP contribution in [0.25, 0.3) is 0 Å². The lowest BCUT2D eigenvalue weighted by atomic mass is 9.97. The highest BCUT2D eigenvalue weighted by molar-refractivity contribution is 7.44. The van der Waals surface area contributed by atoms with Crippen LogP contribution in [0.3, 0.4) is 0 Å². The number of hydrogen-bond donors (Lipinski definition) is 0. The first-order valence-corrected chi connectivity index (χ1v) is 9.70. The van der Waals surface area contributed by atoms with E-state index in [2.05, 4.69) is 44.2 Å². The molecule has 0 radical (unpaired) electrons. The smallest absolute Gasteiger partial charge is 0.259 e. The van der Waals surface area contributed by atoms with Crippen LogP contribution in [0.1, 0.15) is 39.2 Å². The molecule has 1 saturated heterocycles. The molecule has 134 valence electrons. The van der Waals surface area contributed by atoms with E-state index in [4.69, 9.17) is 13.8 Å². The zero-order chi connectivity index (χ0) is 17.6. The van der Waals surface area contributed by atoms with E-state index in [9.17, 15) is 0 Å². The molecule has 0 aliphatic carbocycles. The van der Waals surface area contributed by atoms with Gasteiger partial charge in [-0.15, -0.1) is 6.58 Å². The molecule has 0 bridgehead atoms. The van der Waals surface area contributed by atoms with E-state index >= 15 is 0 Å². The summed E-state index contributed by atoms with van der Waals surface area (Å²) in [6, 6.07) is 8.44. The van der Waals surface area contributed by atoms with Crippen LogP contribution in [0.5, 0.6) is 5.75 Å². The number of methoxy groups -OCH3 is 1. The van der Waals surface area contributed by atoms with E-state index in [1.165, 1.54) is 5.56 Å². The van der Waals surface area contributed by atoms with Gasteiger partial charge in [0.15, 0.2) is 0 Å². The predicted molar refractivity (Wildman–Crippen MR) is 100 cm³/mol. The average molecular weight is 351 g/mol. The summed E-state index contributed by atoms with van der Waals surface area (Å²) in [5.41, 5.74) is 1.30. The zero-order valence-corrected chi connectivity index (χ0v) is 16.2. The molecule has 0 N–H and O–H groups in total. The predicted octanol–water partition coefficient (Wildman–Crippen LogP) is 5.15. The minimum atomic E-state index is -1.05. The van der Waals surface area contributed by atoms with Crippen molar-refractivity contribution >= 4 is 8.53 Å². The van der Waals surface area contributed by atoms with Gasteiger partial charge in [-0.25, -0.2) is 4.67 Å². The molecule has 1 heterocycles. The lowest BCUT2D eigenvalue weighted by Gasteiger charge is -2.41. The highest BCUT2D eigenvalue weighted by atomic mass is 31.2. The van der Waals surface area contributed by atoms with Crippen LogP contribution in [-0.2, 0) is 15.6 Å². The van der Waals surface area contributed by atoms with Crippen LogP contribution in [0.4, 0.5) is 0 Å². The van der Waals surface area contributed by atoms with E-state index in [-0.39, 0.29) is 11.5 Å². The molecule has 1 atom stereocenters. The second kappa shape index (κ2) is 8.96. The summed E-state index contributed by atoms with van der Waals surface area (Å²) in [6.07, 6.45) is 4.17. The van der Waals surface area contributed by atoms with Crippen molar-refractivity contribution in [3.63, 3.8) is 0 Å². The van der Waals surface area contributed by atoms with Crippen molar-refractivity contribution < 1.29 is 13.8 Å². The zero-order valence-electron chi connectivity index (χ0n) is 15.3. The highest BCUT2D eigenvalue weighted by Crippen LogP contribution is 2.51. The molecule has 0 saturated carbocycles. The molecule has 5 heteroatoms. The van der Waals surface area contributed by atoms with Gasteiger partial charge in [-0.05, 0) is 24.1 Å². The molecule has 0 spiro atoms. The van der Waals surface area contributed by atoms with Crippen molar-refractivity contribution in [1.82, 2.24) is 4.67 Å². The Balaban J connectivity index is 2.14. The third-order valence-corrected chi connectivity index (χ3v) is 5.64. The largest absolute Gasteiger partial charge is 0.497 e. The fourth-order valence-corrected chi connectivity index (χ4v) is 4.61. The van der Waals surface area contributed by atoms with Gasteiger partial charge in [0.25, 0.3) is 8.53 Å². The van der Waals surface area contributed by atoms with E-state index in [1.54, 1.807) is 7.11 Å². The number of benzene rings is 1. The topological polar surface area (TPSA) is 30.9 Å². The Hall–Kier alpha value is -0.930. The Bertz CT molecular complexity index is 508. The molecular weight excluding hydrogens is 321 g/mol. The van der Waals surface area contributed by atoms with Gasteiger partial charge >= 0.3 is 0 Å². The molecule has 1 fully saturated rings. The number of hydrogen-bond acceptors (Lipinski definition) is 4. The van der Waals surface area contributed by atoms with Crippen LogP contribution in [-0.4, -0.2) is 31.0 Å². The first-order chi connectivity index (χ1) is 11.5. The fourth-order valence-electron chi connectivity index (χ4n) is 2.59. The summed E-state index contributed by atoms with van der Waals surface area (Å²) >= 11 is 0. The molecule has 2 rings (SSSR count). The molecule has 4 nitrogen and oxygen atoms in total. The third-order valence-electron chi connectivity index (χ3n) is 4.08. The summed E-state index contributed by atoms with van der Waals surface area (Å²) in [7, 11) is 0.631. The molecule has 1 aliphatic rings. The van der Waals surface area contributed by atoms with Crippen LogP contribution in [0.2, 0.25) is 0 Å². The molecule has 0 amide bonds. The van der Waals surface area contributed by atoms with Crippen molar-refractivity contribution in [2.24, 2.45) is 5.41 Å². The maximum absolute atomic E-state index is 6.10. The summed E-state index contributed by atoms with van der Waals surface area (Å²) in [5, 5.41) is 0. The maximum atomic E-state index is 6.10. The molecule has 1 unspecified atom stereocenters. The Labute approximate surface area is 147 Å². The first-order valence-electron chi connectivity index (χ1n) is 8.57. The minimum Gasteiger partial charge on any atom is -0.497 e.